The van der Waals surface area contributed by atoms with E-state index in [1.54, 1.807) is 6.92 Å². The van der Waals surface area contributed by atoms with Gasteiger partial charge >= 0.3 is 0 Å². The summed E-state index contributed by atoms with van der Waals surface area (Å²) in [5.41, 5.74) is 0.701. The Labute approximate surface area is 113 Å². The summed E-state index contributed by atoms with van der Waals surface area (Å²) in [5, 5.41) is 4.94. The molecule has 0 amide bonds. The van der Waals surface area contributed by atoms with E-state index in [9.17, 15) is 16.8 Å². The molecule has 0 fully saturated rings. The van der Waals surface area contributed by atoms with E-state index >= 15 is 0 Å². The van der Waals surface area contributed by atoms with Gasteiger partial charge in [-0.15, -0.1) is 0 Å². The fraction of sp³-hybridized carbons (Fsp3) is 0.273. The third kappa shape index (κ3) is 3.87. The Bertz CT molecular complexity index is 676. The van der Waals surface area contributed by atoms with Gasteiger partial charge in [-0.3, -0.25) is 0 Å². The van der Waals surface area contributed by atoms with Crippen molar-refractivity contribution < 1.29 is 16.8 Å². The second-order valence-electron chi connectivity index (χ2n) is 4.23. The van der Waals surface area contributed by atoms with Gasteiger partial charge in [-0.25, -0.2) is 22.0 Å². The zero-order valence-electron chi connectivity index (χ0n) is 10.7. The van der Waals surface area contributed by atoms with Crippen molar-refractivity contribution in [3.05, 3.63) is 36.4 Å². The quantitative estimate of drug-likeness (QED) is 0.802. The van der Waals surface area contributed by atoms with Gasteiger partial charge in [0.15, 0.2) is 0 Å². The van der Waals surface area contributed by atoms with E-state index in [1.165, 1.54) is 19.2 Å². The van der Waals surface area contributed by atoms with E-state index in [0.29, 0.717) is 5.57 Å². The number of hydrogen-bond acceptors (Lipinski definition) is 4. The van der Waals surface area contributed by atoms with Crippen LogP contribution in [-0.2, 0) is 20.0 Å². The van der Waals surface area contributed by atoms with Crippen molar-refractivity contribution in [3.63, 3.8) is 0 Å². The van der Waals surface area contributed by atoms with Crippen molar-refractivity contribution >= 4 is 20.0 Å². The second kappa shape index (κ2) is 5.41. The third-order valence-corrected chi connectivity index (χ3v) is 5.10. The van der Waals surface area contributed by atoms with Crippen LogP contribution >= 0.6 is 0 Å². The molecule has 0 saturated heterocycles. The van der Waals surface area contributed by atoms with Crippen LogP contribution in [0.2, 0.25) is 0 Å². The van der Waals surface area contributed by atoms with Gasteiger partial charge in [0.2, 0.25) is 20.0 Å². The summed E-state index contributed by atoms with van der Waals surface area (Å²) in [4.78, 5) is -0.127. The van der Waals surface area contributed by atoms with E-state index < -0.39 is 20.0 Å². The summed E-state index contributed by atoms with van der Waals surface area (Å²) >= 11 is 0. The standard InChI is InChI=1S/C11H16N2O4S2/c1-9(2)8-13(3)19(16,17)11-6-4-10(5-7-11)18(12,14)15/h4-7H,1,8H2,2-3H3,(H2,12,14,15). The highest BCUT2D eigenvalue weighted by atomic mass is 32.2. The molecule has 0 bridgehead atoms. The molecule has 0 aliphatic rings. The fourth-order valence-corrected chi connectivity index (χ4v) is 3.19. The first kappa shape index (κ1) is 15.8. The van der Waals surface area contributed by atoms with Gasteiger partial charge < -0.3 is 0 Å². The molecule has 0 spiro atoms. The summed E-state index contributed by atoms with van der Waals surface area (Å²) in [7, 11) is -6.06. The minimum absolute atomic E-state index is 0.00338. The van der Waals surface area contributed by atoms with Gasteiger partial charge in [0, 0.05) is 13.6 Å². The molecule has 2 N–H and O–H groups in total. The van der Waals surface area contributed by atoms with Crippen molar-refractivity contribution in [2.24, 2.45) is 5.14 Å². The van der Waals surface area contributed by atoms with Crippen molar-refractivity contribution in [3.8, 4) is 0 Å². The minimum atomic E-state index is -3.83. The second-order valence-corrected chi connectivity index (χ2v) is 7.84. The molecule has 19 heavy (non-hydrogen) atoms. The molecule has 6 nitrogen and oxygen atoms in total. The average molecular weight is 304 g/mol. The fourth-order valence-electron chi connectivity index (χ4n) is 1.45. The van der Waals surface area contributed by atoms with Crippen LogP contribution in [0, 0.1) is 0 Å². The molecule has 0 heterocycles. The van der Waals surface area contributed by atoms with Crippen LogP contribution in [0.5, 0.6) is 0 Å². The lowest BCUT2D eigenvalue weighted by atomic mass is 10.4. The smallest absolute Gasteiger partial charge is 0.225 e. The zero-order valence-corrected chi connectivity index (χ0v) is 12.3. The first-order valence-electron chi connectivity index (χ1n) is 5.29. The van der Waals surface area contributed by atoms with Crippen LogP contribution < -0.4 is 5.14 Å². The molecule has 0 aliphatic carbocycles. The monoisotopic (exact) mass is 304 g/mol. The molecule has 1 aromatic rings. The molecule has 1 aromatic carbocycles. The Morgan fingerprint density at radius 2 is 1.58 bits per heavy atom. The topological polar surface area (TPSA) is 97.5 Å². The van der Waals surface area contributed by atoms with Gasteiger partial charge in [0.1, 0.15) is 0 Å². The highest BCUT2D eigenvalue weighted by Gasteiger charge is 2.21. The molecule has 0 aromatic heterocycles. The van der Waals surface area contributed by atoms with E-state index in [4.69, 9.17) is 5.14 Å². The maximum Gasteiger partial charge on any atom is 0.243 e. The largest absolute Gasteiger partial charge is 0.243 e. The molecular weight excluding hydrogens is 288 g/mol. The molecule has 106 valence electrons. The highest BCUT2D eigenvalue weighted by Crippen LogP contribution is 2.17. The Morgan fingerprint density at radius 3 is 1.95 bits per heavy atom. The van der Waals surface area contributed by atoms with Crippen LogP contribution in [0.1, 0.15) is 6.92 Å². The number of hydrogen-bond donors (Lipinski definition) is 1. The van der Waals surface area contributed by atoms with Gasteiger partial charge in [0.25, 0.3) is 0 Å². The first-order valence-corrected chi connectivity index (χ1v) is 8.27. The summed E-state index contributed by atoms with van der Waals surface area (Å²) < 4.78 is 47.6. The first-order chi connectivity index (χ1) is 8.55. The van der Waals surface area contributed by atoms with E-state index in [2.05, 4.69) is 6.58 Å². The van der Waals surface area contributed by atoms with Crippen LogP contribution in [-0.4, -0.2) is 34.7 Å². The SMILES string of the molecule is C=C(C)CN(C)S(=O)(=O)c1ccc(S(N)(=O)=O)cc1. The van der Waals surface area contributed by atoms with Crippen LogP contribution in [0.15, 0.2) is 46.2 Å². The normalized spacial score (nSPS) is 12.6. The Kier molecular flexibility index (Phi) is 4.51. The molecule has 8 heteroatoms. The number of benzene rings is 1. The number of sulfonamides is 2. The van der Waals surface area contributed by atoms with Crippen molar-refractivity contribution in [2.45, 2.75) is 16.7 Å². The van der Waals surface area contributed by atoms with E-state index in [0.717, 1.165) is 16.4 Å². The molecular formula is C11H16N2O4S2. The molecule has 0 atom stereocenters. The lowest BCUT2D eigenvalue weighted by molar-refractivity contribution is 0.493. The van der Waals surface area contributed by atoms with Crippen molar-refractivity contribution in [1.82, 2.24) is 4.31 Å². The molecule has 0 unspecified atom stereocenters. The molecule has 1 rings (SSSR count). The van der Waals surface area contributed by atoms with E-state index in [1.807, 2.05) is 0 Å². The van der Waals surface area contributed by atoms with E-state index in [-0.39, 0.29) is 16.3 Å². The average Bonchev–Trinajstić information content (AvgIpc) is 2.27. The third-order valence-electron chi connectivity index (χ3n) is 2.35. The summed E-state index contributed by atoms with van der Waals surface area (Å²) in [5.74, 6) is 0. The number of nitrogens with two attached hydrogens (primary N) is 1. The molecule has 0 aliphatic heterocycles. The number of nitrogens with zero attached hydrogens (tertiary/aromatic N) is 1. The summed E-state index contributed by atoms with van der Waals surface area (Å²) in [6.45, 7) is 5.56. The van der Waals surface area contributed by atoms with Crippen LogP contribution in [0.25, 0.3) is 0 Å². The molecule has 0 radical (unpaired) electrons. The Morgan fingerprint density at radius 1 is 1.16 bits per heavy atom. The summed E-state index contributed by atoms with van der Waals surface area (Å²) in [6, 6.07) is 4.75. The predicted molar refractivity (Wildman–Crippen MR) is 72.4 cm³/mol. The number of primary sulfonamides is 1. The van der Waals surface area contributed by atoms with Gasteiger partial charge in [-0.2, -0.15) is 4.31 Å². The Balaban J connectivity index is 3.14. The van der Waals surface area contributed by atoms with Gasteiger partial charge in [-0.05, 0) is 31.2 Å². The van der Waals surface area contributed by atoms with Crippen molar-refractivity contribution in [2.75, 3.05) is 13.6 Å². The van der Waals surface area contributed by atoms with Crippen LogP contribution in [0.4, 0.5) is 0 Å². The molecule has 0 saturated carbocycles. The number of likely N-dealkylation sites (N-methyl/N-ethyl adjacent to an activating group) is 1. The van der Waals surface area contributed by atoms with Gasteiger partial charge in [-0.1, -0.05) is 12.2 Å². The highest BCUT2D eigenvalue weighted by molar-refractivity contribution is 7.89. The Hall–Kier alpha value is -1.22. The minimum Gasteiger partial charge on any atom is -0.225 e. The zero-order chi connectivity index (χ0) is 14.8. The van der Waals surface area contributed by atoms with Crippen LogP contribution in [0.3, 0.4) is 0 Å². The summed E-state index contributed by atoms with van der Waals surface area (Å²) in [6.07, 6.45) is 0. The van der Waals surface area contributed by atoms with Crippen molar-refractivity contribution in [1.29, 1.82) is 0 Å². The lowest BCUT2D eigenvalue weighted by Crippen LogP contribution is -2.28. The maximum atomic E-state index is 12.1. The maximum absolute atomic E-state index is 12.1. The lowest BCUT2D eigenvalue weighted by Gasteiger charge is -2.17. The number of rotatable bonds is 5. The predicted octanol–water partition coefficient (Wildman–Crippen LogP) is 0.531. The van der Waals surface area contributed by atoms with Gasteiger partial charge in [0.05, 0.1) is 9.79 Å².